The van der Waals surface area contributed by atoms with Crippen LogP contribution in [0.15, 0.2) is 18.3 Å². The Morgan fingerprint density at radius 3 is 2.47 bits per heavy atom. The minimum absolute atomic E-state index is 0.346. The standard InChI is InChI=1S/C13H20F3N3/c1-3-7-19(10-13(14,15)16)12-6-5-11(9-18-12)8-17-4-2/h5-6,9,17H,3-4,7-8,10H2,1-2H3. The van der Waals surface area contributed by atoms with E-state index in [1.807, 2.05) is 19.9 Å². The first kappa shape index (κ1) is 15.8. The molecule has 1 N–H and O–H groups in total. The van der Waals surface area contributed by atoms with Crippen LogP contribution in [0.25, 0.3) is 0 Å². The van der Waals surface area contributed by atoms with Gasteiger partial charge in [0.1, 0.15) is 12.4 Å². The fourth-order valence-electron chi connectivity index (χ4n) is 1.74. The Hall–Kier alpha value is -1.30. The summed E-state index contributed by atoms with van der Waals surface area (Å²) < 4.78 is 37.4. The van der Waals surface area contributed by atoms with E-state index in [2.05, 4.69) is 10.3 Å². The highest BCUT2D eigenvalue weighted by Gasteiger charge is 2.30. The maximum absolute atomic E-state index is 12.5. The zero-order chi connectivity index (χ0) is 14.3. The molecule has 1 aromatic rings. The second-order valence-electron chi connectivity index (χ2n) is 4.34. The summed E-state index contributed by atoms with van der Waals surface area (Å²) in [5.41, 5.74) is 0.967. The van der Waals surface area contributed by atoms with Gasteiger partial charge in [-0.1, -0.05) is 19.9 Å². The molecule has 1 heterocycles. The number of hydrogen-bond acceptors (Lipinski definition) is 3. The molecule has 19 heavy (non-hydrogen) atoms. The van der Waals surface area contributed by atoms with Crippen molar-refractivity contribution in [2.75, 3.05) is 24.5 Å². The summed E-state index contributed by atoms with van der Waals surface area (Å²) in [5, 5.41) is 3.14. The maximum atomic E-state index is 12.5. The first-order valence-electron chi connectivity index (χ1n) is 6.43. The lowest BCUT2D eigenvalue weighted by atomic mass is 10.2. The van der Waals surface area contributed by atoms with Gasteiger partial charge in [0.15, 0.2) is 0 Å². The quantitative estimate of drug-likeness (QED) is 0.829. The summed E-state index contributed by atoms with van der Waals surface area (Å²) in [5.74, 6) is 0.374. The van der Waals surface area contributed by atoms with Gasteiger partial charge in [-0.15, -0.1) is 0 Å². The second kappa shape index (κ2) is 7.33. The van der Waals surface area contributed by atoms with Crippen molar-refractivity contribution in [2.45, 2.75) is 33.0 Å². The molecule has 0 amide bonds. The highest BCUT2D eigenvalue weighted by atomic mass is 19.4. The lowest BCUT2D eigenvalue weighted by Gasteiger charge is -2.24. The topological polar surface area (TPSA) is 28.2 Å². The molecule has 3 nitrogen and oxygen atoms in total. The lowest BCUT2D eigenvalue weighted by Crippen LogP contribution is -2.35. The average Bonchev–Trinajstić information content (AvgIpc) is 2.35. The van der Waals surface area contributed by atoms with Crippen LogP contribution >= 0.6 is 0 Å². The molecule has 0 atom stereocenters. The Balaban J connectivity index is 2.73. The lowest BCUT2D eigenvalue weighted by molar-refractivity contribution is -0.119. The number of nitrogens with one attached hydrogen (secondary N) is 1. The van der Waals surface area contributed by atoms with Crippen LogP contribution in [0, 0.1) is 0 Å². The van der Waals surface area contributed by atoms with Crippen LogP contribution in [-0.4, -0.2) is 30.8 Å². The van der Waals surface area contributed by atoms with Crippen LogP contribution in [0.5, 0.6) is 0 Å². The molecule has 0 saturated carbocycles. The van der Waals surface area contributed by atoms with Gasteiger partial charge in [-0.2, -0.15) is 13.2 Å². The normalized spacial score (nSPS) is 11.6. The number of hydrogen-bond donors (Lipinski definition) is 1. The Kier molecular flexibility index (Phi) is 6.08. The Morgan fingerprint density at radius 2 is 2.00 bits per heavy atom. The van der Waals surface area contributed by atoms with Crippen molar-refractivity contribution in [3.8, 4) is 0 Å². The van der Waals surface area contributed by atoms with Gasteiger partial charge in [-0.05, 0) is 24.6 Å². The van der Waals surface area contributed by atoms with E-state index in [0.717, 1.165) is 12.1 Å². The van der Waals surface area contributed by atoms with Crippen molar-refractivity contribution in [3.63, 3.8) is 0 Å². The van der Waals surface area contributed by atoms with Crippen LogP contribution in [0.3, 0.4) is 0 Å². The molecule has 1 aromatic heterocycles. The summed E-state index contributed by atoms with van der Waals surface area (Å²) in [6, 6.07) is 3.46. The molecule has 0 saturated heterocycles. The van der Waals surface area contributed by atoms with Gasteiger partial charge in [0.2, 0.25) is 0 Å². The first-order chi connectivity index (χ1) is 8.96. The van der Waals surface area contributed by atoms with Gasteiger partial charge in [0.25, 0.3) is 0 Å². The van der Waals surface area contributed by atoms with Crippen LogP contribution in [0.2, 0.25) is 0 Å². The smallest absolute Gasteiger partial charge is 0.348 e. The summed E-state index contributed by atoms with van der Waals surface area (Å²) >= 11 is 0. The van der Waals surface area contributed by atoms with Gasteiger partial charge < -0.3 is 10.2 Å². The molecular formula is C13H20F3N3. The predicted molar refractivity (Wildman–Crippen MR) is 70.2 cm³/mol. The Labute approximate surface area is 111 Å². The molecule has 1 rings (SSSR count). The summed E-state index contributed by atoms with van der Waals surface area (Å²) in [6.45, 7) is 4.76. The van der Waals surface area contributed by atoms with E-state index in [-0.39, 0.29) is 0 Å². The summed E-state index contributed by atoms with van der Waals surface area (Å²) in [6.07, 6.45) is -1.94. The van der Waals surface area contributed by atoms with Crippen LogP contribution in [-0.2, 0) is 6.54 Å². The van der Waals surface area contributed by atoms with E-state index in [1.54, 1.807) is 12.3 Å². The fourth-order valence-corrected chi connectivity index (χ4v) is 1.74. The van der Waals surface area contributed by atoms with E-state index in [1.165, 1.54) is 4.90 Å². The molecule has 0 aliphatic carbocycles. The van der Waals surface area contributed by atoms with E-state index in [0.29, 0.717) is 25.3 Å². The Morgan fingerprint density at radius 1 is 1.26 bits per heavy atom. The third-order valence-corrected chi connectivity index (χ3v) is 2.58. The molecular weight excluding hydrogens is 255 g/mol. The van der Waals surface area contributed by atoms with E-state index >= 15 is 0 Å². The average molecular weight is 275 g/mol. The van der Waals surface area contributed by atoms with E-state index in [9.17, 15) is 13.2 Å². The number of aromatic nitrogens is 1. The zero-order valence-electron chi connectivity index (χ0n) is 11.3. The first-order valence-corrected chi connectivity index (χ1v) is 6.43. The van der Waals surface area contributed by atoms with Crippen LogP contribution < -0.4 is 10.2 Å². The number of nitrogens with zero attached hydrogens (tertiary/aromatic N) is 2. The molecule has 0 unspecified atom stereocenters. The molecule has 108 valence electrons. The number of rotatable bonds is 7. The number of halogens is 3. The molecule has 0 spiro atoms. The van der Waals surface area contributed by atoms with Crippen molar-refractivity contribution in [1.82, 2.24) is 10.3 Å². The largest absolute Gasteiger partial charge is 0.405 e. The van der Waals surface area contributed by atoms with Gasteiger partial charge in [0.05, 0.1) is 0 Å². The van der Waals surface area contributed by atoms with Crippen molar-refractivity contribution in [2.24, 2.45) is 0 Å². The predicted octanol–water partition coefficient (Wildman–Crippen LogP) is 2.97. The zero-order valence-corrected chi connectivity index (χ0v) is 11.3. The van der Waals surface area contributed by atoms with Gasteiger partial charge in [-0.3, -0.25) is 0 Å². The maximum Gasteiger partial charge on any atom is 0.405 e. The number of alkyl halides is 3. The van der Waals surface area contributed by atoms with Gasteiger partial charge >= 0.3 is 6.18 Å². The summed E-state index contributed by atoms with van der Waals surface area (Å²) in [4.78, 5) is 5.38. The number of anilines is 1. The van der Waals surface area contributed by atoms with Crippen molar-refractivity contribution >= 4 is 5.82 Å². The molecule has 0 aromatic carbocycles. The molecule has 0 aliphatic rings. The minimum Gasteiger partial charge on any atom is -0.348 e. The third kappa shape index (κ3) is 5.92. The Bertz CT molecular complexity index is 362. The van der Waals surface area contributed by atoms with Crippen molar-refractivity contribution < 1.29 is 13.2 Å². The molecule has 0 bridgehead atoms. The van der Waals surface area contributed by atoms with E-state index in [4.69, 9.17) is 0 Å². The van der Waals surface area contributed by atoms with Gasteiger partial charge in [0, 0.05) is 19.3 Å². The third-order valence-electron chi connectivity index (χ3n) is 2.58. The van der Waals surface area contributed by atoms with Crippen LogP contribution in [0.4, 0.5) is 19.0 Å². The van der Waals surface area contributed by atoms with Crippen molar-refractivity contribution in [1.29, 1.82) is 0 Å². The molecule has 6 heteroatoms. The van der Waals surface area contributed by atoms with Crippen molar-refractivity contribution in [3.05, 3.63) is 23.9 Å². The van der Waals surface area contributed by atoms with Crippen LogP contribution in [0.1, 0.15) is 25.8 Å². The molecule has 0 fully saturated rings. The highest BCUT2D eigenvalue weighted by molar-refractivity contribution is 5.39. The van der Waals surface area contributed by atoms with E-state index < -0.39 is 12.7 Å². The number of pyridine rings is 1. The minimum atomic E-state index is -4.21. The molecule has 0 radical (unpaired) electrons. The molecule has 0 aliphatic heterocycles. The SMILES string of the molecule is CCCN(CC(F)(F)F)c1ccc(CNCC)cn1. The van der Waals surface area contributed by atoms with Gasteiger partial charge in [-0.25, -0.2) is 4.98 Å². The monoisotopic (exact) mass is 275 g/mol. The highest BCUT2D eigenvalue weighted by Crippen LogP contribution is 2.21. The summed E-state index contributed by atoms with van der Waals surface area (Å²) in [7, 11) is 0. The fraction of sp³-hybridized carbons (Fsp3) is 0.615. The second-order valence-corrected chi connectivity index (χ2v) is 4.34.